The topological polar surface area (TPSA) is 47.6 Å². The van der Waals surface area contributed by atoms with Crippen LogP contribution >= 0.6 is 11.6 Å². The lowest BCUT2D eigenvalue weighted by molar-refractivity contribution is 0.331. The molecule has 2 aromatic rings. The first kappa shape index (κ1) is 12.1. The number of nitrogen functional groups attached to an aromatic ring is 1. The summed E-state index contributed by atoms with van der Waals surface area (Å²) in [6.07, 6.45) is 0. The molecule has 0 spiro atoms. The number of benzene rings is 2. The average Bonchev–Trinajstić information content (AvgIpc) is 2.64. The minimum atomic E-state index is 0.570. The first-order valence-electron chi connectivity index (χ1n) is 6.08. The van der Waals surface area contributed by atoms with Crippen LogP contribution in [-0.4, -0.2) is 18.9 Å². The summed E-state index contributed by atoms with van der Waals surface area (Å²) in [6.45, 7) is 1.18. The fraction of sp³-hybridized carbons (Fsp3) is 0.133. The molecule has 96 valence electrons. The number of nitrogens with two attached hydrogens (primary N) is 1. The van der Waals surface area contributed by atoms with Gasteiger partial charge in [-0.25, -0.2) is 0 Å². The fourth-order valence-corrected chi connectivity index (χ4v) is 2.32. The van der Waals surface area contributed by atoms with Crippen molar-refractivity contribution < 1.29 is 4.74 Å². The molecule has 3 nitrogen and oxygen atoms in total. The van der Waals surface area contributed by atoms with E-state index in [1.54, 1.807) is 12.1 Å². The van der Waals surface area contributed by atoms with Crippen LogP contribution in [0.5, 0.6) is 5.75 Å². The predicted octanol–water partition coefficient (Wildman–Crippen LogP) is 3.15. The summed E-state index contributed by atoms with van der Waals surface area (Å²) in [7, 11) is 0. The minimum Gasteiger partial charge on any atom is -0.491 e. The first-order chi connectivity index (χ1) is 9.25. The van der Waals surface area contributed by atoms with Crippen LogP contribution in [-0.2, 0) is 0 Å². The van der Waals surface area contributed by atoms with Gasteiger partial charge >= 0.3 is 0 Å². The number of halogens is 1. The second kappa shape index (κ2) is 4.94. The van der Waals surface area contributed by atoms with Crippen molar-refractivity contribution in [3.05, 3.63) is 58.6 Å². The molecule has 19 heavy (non-hydrogen) atoms. The van der Waals surface area contributed by atoms with Crippen LogP contribution in [0.25, 0.3) is 0 Å². The summed E-state index contributed by atoms with van der Waals surface area (Å²) in [5.41, 5.74) is 9.36. The SMILES string of the molecule is Nc1ccc(Cl)cc1C1=NCCOc2ccccc21. The van der Waals surface area contributed by atoms with Crippen molar-refractivity contribution in [1.82, 2.24) is 0 Å². The Bertz CT molecular complexity index is 652. The third-order valence-electron chi connectivity index (χ3n) is 3.03. The molecule has 0 aromatic heterocycles. The van der Waals surface area contributed by atoms with E-state index in [1.807, 2.05) is 30.3 Å². The largest absolute Gasteiger partial charge is 0.491 e. The molecule has 0 fully saturated rings. The number of fused-ring (bicyclic) bond motifs is 1. The molecule has 0 radical (unpaired) electrons. The molecule has 1 aliphatic heterocycles. The molecule has 4 heteroatoms. The summed E-state index contributed by atoms with van der Waals surface area (Å²) < 4.78 is 5.68. The van der Waals surface area contributed by atoms with E-state index in [0.717, 1.165) is 22.6 Å². The lowest BCUT2D eigenvalue weighted by Crippen LogP contribution is -2.07. The number of anilines is 1. The van der Waals surface area contributed by atoms with Crippen LogP contribution in [0.2, 0.25) is 5.02 Å². The van der Waals surface area contributed by atoms with Crippen molar-refractivity contribution in [2.75, 3.05) is 18.9 Å². The molecular weight excluding hydrogens is 260 g/mol. The van der Waals surface area contributed by atoms with Gasteiger partial charge in [0.15, 0.2) is 0 Å². The van der Waals surface area contributed by atoms with Gasteiger partial charge in [-0.15, -0.1) is 0 Å². The highest BCUT2D eigenvalue weighted by atomic mass is 35.5. The molecular formula is C15H13ClN2O. The molecule has 0 atom stereocenters. The van der Waals surface area contributed by atoms with E-state index in [-0.39, 0.29) is 0 Å². The maximum atomic E-state index is 6.06. The van der Waals surface area contributed by atoms with Gasteiger partial charge in [0.05, 0.1) is 12.3 Å². The van der Waals surface area contributed by atoms with Gasteiger partial charge in [0.25, 0.3) is 0 Å². The second-order valence-corrected chi connectivity index (χ2v) is 4.74. The zero-order chi connectivity index (χ0) is 13.2. The van der Waals surface area contributed by atoms with Crippen LogP contribution in [0.3, 0.4) is 0 Å². The minimum absolute atomic E-state index is 0.570. The Balaban J connectivity index is 2.19. The summed E-state index contributed by atoms with van der Waals surface area (Å²) in [5, 5.41) is 0.648. The molecule has 0 saturated carbocycles. The van der Waals surface area contributed by atoms with Crippen LogP contribution in [0.1, 0.15) is 11.1 Å². The lowest BCUT2D eigenvalue weighted by Gasteiger charge is -2.11. The van der Waals surface area contributed by atoms with Crippen LogP contribution < -0.4 is 10.5 Å². The zero-order valence-electron chi connectivity index (χ0n) is 10.3. The van der Waals surface area contributed by atoms with E-state index in [2.05, 4.69) is 4.99 Å². The van der Waals surface area contributed by atoms with Crippen molar-refractivity contribution in [2.24, 2.45) is 4.99 Å². The van der Waals surface area contributed by atoms with Gasteiger partial charge in [-0.1, -0.05) is 23.7 Å². The molecule has 0 aliphatic carbocycles. The van der Waals surface area contributed by atoms with Crippen LogP contribution in [0.15, 0.2) is 47.5 Å². The maximum absolute atomic E-state index is 6.06. The van der Waals surface area contributed by atoms with Gasteiger partial charge in [0.1, 0.15) is 12.4 Å². The highest BCUT2D eigenvalue weighted by molar-refractivity contribution is 6.31. The van der Waals surface area contributed by atoms with Crippen molar-refractivity contribution in [3.63, 3.8) is 0 Å². The molecule has 0 unspecified atom stereocenters. The monoisotopic (exact) mass is 272 g/mol. The van der Waals surface area contributed by atoms with Gasteiger partial charge < -0.3 is 10.5 Å². The normalized spacial score (nSPS) is 14.1. The van der Waals surface area contributed by atoms with Gasteiger partial charge in [0.2, 0.25) is 0 Å². The number of rotatable bonds is 1. The summed E-state index contributed by atoms with van der Waals surface area (Å²) in [4.78, 5) is 4.59. The Morgan fingerprint density at radius 1 is 1.11 bits per heavy atom. The zero-order valence-corrected chi connectivity index (χ0v) is 11.0. The Hall–Kier alpha value is -2.00. The molecule has 2 N–H and O–H groups in total. The number of para-hydroxylation sites is 1. The molecule has 2 aromatic carbocycles. The van der Waals surface area contributed by atoms with E-state index in [9.17, 15) is 0 Å². The van der Waals surface area contributed by atoms with Gasteiger partial charge in [-0.2, -0.15) is 0 Å². The van der Waals surface area contributed by atoms with E-state index in [1.165, 1.54) is 0 Å². The van der Waals surface area contributed by atoms with Gasteiger partial charge in [-0.05, 0) is 30.3 Å². The van der Waals surface area contributed by atoms with Crippen LogP contribution in [0.4, 0.5) is 5.69 Å². The smallest absolute Gasteiger partial charge is 0.128 e. The Morgan fingerprint density at radius 3 is 2.84 bits per heavy atom. The predicted molar refractivity (Wildman–Crippen MR) is 78.3 cm³/mol. The Morgan fingerprint density at radius 2 is 1.95 bits per heavy atom. The van der Waals surface area contributed by atoms with Crippen molar-refractivity contribution in [2.45, 2.75) is 0 Å². The van der Waals surface area contributed by atoms with E-state index in [0.29, 0.717) is 23.9 Å². The maximum Gasteiger partial charge on any atom is 0.128 e. The third-order valence-corrected chi connectivity index (χ3v) is 3.27. The number of ether oxygens (including phenoxy) is 1. The number of hydrogen-bond donors (Lipinski definition) is 1. The van der Waals surface area contributed by atoms with Crippen molar-refractivity contribution in [3.8, 4) is 5.75 Å². The fourth-order valence-electron chi connectivity index (χ4n) is 2.15. The van der Waals surface area contributed by atoms with E-state index in [4.69, 9.17) is 22.1 Å². The van der Waals surface area contributed by atoms with E-state index < -0.39 is 0 Å². The molecule has 0 saturated heterocycles. The van der Waals surface area contributed by atoms with E-state index >= 15 is 0 Å². The van der Waals surface area contributed by atoms with Crippen molar-refractivity contribution >= 4 is 23.0 Å². The highest BCUT2D eigenvalue weighted by Crippen LogP contribution is 2.28. The number of hydrogen-bond acceptors (Lipinski definition) is 3. The van der Waals surface area contributed by atoms with Crippen LogP contribution in [0, 0.1) is 0 Å². The Labute approximate surface area is 116 Å². The average molecular weight is 273 g/mol. The van der Waals surface area contributed by atoms with Gasteiger partial charge in [0, 0.05) is 21.8 Å². The standard InChI is InChI=1S/C15H13ClN2O/c16-10-5-6-13(17)12(9-10)15-11-3-1-2-4-14(11)19-8-7-18-15/h1-6,9H,7-8,17H2. The number of nitrogens with zero attached hydrogens (tertiary/aromatic N) is 1. The summed E-state index contributed by atoms with van der Waals surface area (Å²) in [6, 6.07) is 13.3. The second-order valence-electron chi connectivity index (χ2n) is 4.31. The molecule has 0 bridgehead atoms. The molecule has 0 amide bonds. The highest BCUT2D eigenvalue weighted by Gasteiger charge is 2.17. The lowest BCUT2D eigenvalue weighted by atomic mass is 10.00. The number of aliphatic imine (C=N–C) groups is 1. The third kappa shape index (κ3) is 2.29. The quantitative estimate of drug-likeness (QED) is 0.811. The molecule has 3 rings (SSSR count). The Kier molecular flexibility index (Phi) is 3.13. The summed E-state index contributed by atoms with van der Waals surface area (Å²) >= 11 is 6.06. The summed E-state index contributed by atoms with van der Waals surface area (Å²) in [5.74, 6) is 0.832. The molecule has 1 heterocycles. The first-order valence-corrected chi connectivity index (χ1v) is 6.45. The van der Waals surface area contributed by atoms with Crippen molar-refractivity contribution in [1.29, 1.82) is 0 Å². The molecule has 1 aliphatic rings. The van der Waals surface area contributed by atoms with Gasteiger partial charge in [-0.3, -0.25) is 4.99 Å².